The maximum atomic E-state index is 12.3. The van der Waals surface area contributed by atoms with Crippen molar-refractivity contribution < 1.29 is 4.79 Å². The first-order valence-electron chi connectivity index (χ1n) is 7.70. The lowest BCUT2D eigenvalue weighted by atomic mass is 10.1. The van der Waals surface area contributed by atoms with E-state index < -0.39 is 0 Å². The van der Waals surface area contributed by atoms with E-state index in [1.165, 1.54) is 11.1 Å². The van der Waals surface area contributed by atoms with Crippen molar-refractivity contribution in [3.05, 3.63) is 35.4 Å². The first-order valence-corrected chi connectivity index (χ1v) is 7.70. The van der Waals surface area contributed by atoms with Gasteiger partial charge in [-0.25, -0.2) is 0 Å². The van der Waals surface area contributed by atoms with Crippen LogP contribution in [0.15, 0.2) is 24.3 Å². The quantitative estimate of drug-likeness (QED) is 0.895. The molecule has 2 atom stereocenters. The van der Waals surface area contributed by atoms with Gasteiger partial charge in [0, 0.05) is 12.6 Å². The minimum atomic E-state index is 0.0458. The Bertz CT molecular complexity index is 458. The molecule has 3 heteroatoms. The zero-order chi connectivity index (χ0) is 14.5. The molecular weight excluding hydrogens is 248 g/mol. The summed E-state index contributed by atoms with van der Waals surface area (Å²) in [5.41, 5.74) is 2.58. The van der Waals surface area contributed by atoms with Crippen LogP contribution in [0.5, 0.6) is 0 Å². The van der Waals surface area contributed by atoms with Crippen LogP contribution in [0.4, 0.5) is 0 Å². The summed E-state index contributed by atoms with van der Waals surface area (Å²) in [5.74, 6) is 0.199. The minimum Gasteiger partial charge on any atom is -0.352 e. The molecule has 1 heterocycles. The molecule has 0 spiro atoms. The number of amides is 1. The summed E-state index contributed by atoms with van der Waals surface area (Å²) < 4.78 is 0. The first-order chi connectivity index (χ1) is 9.60. The van der Waals surface area contributed by atoms with E-state index >= 15 is 0 Å². The zero-order valence-corrected chi connectivity index (χ0v) is 12.9. The largest absolute Gasteiger partial charge is 0.352 e. The zero-order valence-electron chi connectivity index (χ0n) is 12.9. The molecule has 1 saturated heterocycles. The van der Waals surface area contributed by atoms with Gasteiger partial charge in [0.25, 0.3) is 0 Å². The molecule has 0 aromatic heterocycles. The minimum absolute atomic E-state index is 0.0458. The van der Waals surface area contributed by atoms with Gasteiger partial charge in [-0.3, -0.25) is 9.69 Å². The molecule has 2 rings (SSSR count). The lowest BCUT2D eigenvalue weighted by Gasteiger charge is -2.25. The van der Waals surface area contributed by atoms with Gasteiger partial charge < -0.3 is 5.32 Å². The molecule has 0 unspecified atom stereocenters. The molecule has 1 aromatic rings. The van der Waals surface area contributed by atoms with Crippen molar-refractivity contribution in [2.45, 2.75) is 58.7 Å². The van der Waals surface area contributed by atoms with Gasteiger partial charge in [0.2, 0.25) is 5.91 Å². The van der Waals surface area contributed by atoms with E-state index in [2.05, 4.69) is 55.3 Å². The van der Waals surface area contributed by atoms with Crippen LogP contribution in [-0.4, -0.2) is 29.4 Å². The van der Waals surface area contributed by atoms with Gasteiger partial charge in [0.1, 0.15) is 0 Å². The van der Waals surface area contributed by atoms with Crippen LogP contribution in [0, 0.1) is 6.92 Å². The highest BCUT2D eigenvalue weighted by molar-refractivity contribution is 5.82. The molecule has 1 aromatic carbocycles. The summed E-state index contributed by atoms with van der Waals surface area (Å²) in [6, 6.07) is 8.88. The van der Waals surface area contributed by atoms with Crippen LogP contribution < -0.4 is 5.32 Å². The molecule has 1 aliphatic rings. The third-order valence-corrected chi connectivity index (χ3v) is 4.14. The van der Waals surface area contributed by atoms with Gasteiger partial charge in [-0.1, -0.05) is 36.8 Å². The van der Waals surface area contributed by atoms with E-state index in [9.17, 15) is 4.79 Å². The fourth-order valence-electron chi connectivity index (χ4n) is 2.80. The maximum absolute atomic E-state index is 12.3. The van der Waals surface area contributed by atoms with Gasteiger partial charge in [-0.2, -0.15) is 0 Å². The second kappa shape index (κ2) is 6.89. The van der Waals surface area contributed by atoms with Crippen molar-refractivity contribution in [3.8, 4) is 0 Å². The van der Waals surface area contributed by atoms with Gasteiger partial charge in [0.15, 0.2) is 0 Å². The number of likely N-dealkylation sites (tertiary alicyclic amines) is 1. The van der Waals surface area contributed by atoms with Crippen LogP contribution in [0.2, 0.25) is 0 Å². The summed E-state index contributed by atoms with van der Waals surface area (Å²) in [7, 11) is 0. The predicted octanol–water partition coefficient (Wildman–Crippen LogP) is 2.87. The average molecular weight is 274 g/mol. The molecule has 3 nitrogen and oxygen atoms in total. The number of carbonyl (C=O) groups is 1. The molecule has 0 bridgehead atoms. The smallest absolute Gasteiger partial charge is 0.237 e. The summed E-state index contributed by atoms with van der Waals surface area (Å²) in [6.45, 7) is 8.18. The molecular formula is C17H26N2O. The van der Waals surface area contributed by atoms with Gasteiger partial charge in [-0.05, 0) is 45.2 Å². The third-order valence-electron chi connectivity index (χ3n) is 4.14. The van der Waals surface area contributed by atoms with E-state index in [1.54, 1.807) is 0 Å². The Balaban J connectivity index is 1.98. The van der Waals surface area contributed by atoms with Crippen LogP contribution in [0.1, 0.15) is 44.2 Å². The molecule has 20 heavy (non-hydrogen) atoms. The summed E-state index contributed by atoms with van der Waals surface area (Å²) >= 11 is 0. The maximum Gasteiger partial charge on any atom is 0.237 e. The van der Waals surface area contributed by atoms with E-state index in [4.69, 9.17) is 0 Å². The van der Waals surface area contributed by atoms with Crippen molar-refractivity contribution in [2.24, 2.45) is 0 Å². The van der Waals surface area contributed by atoms with E-state index in [0.717, 1.165) is 32.4 Å². The molecule has 1 N–H and O–H groups in total. The van der Waals surface area contributed by atoms with Crippen molar-refractivity contribution in [3.63, 3.8) is 0 Å². The molecule has 0 radical (unpaired) electrons. The normalized spacial score (nSPS) is 20.9. The van der Waals surface area contributed by atoms with Crippen LogP contribution in [-0.2, 0) is 11.3 Å². The summed E-state index contributed by atoms with van der Waals surface area (Å²) in [6.07, 6.45) is 3.08. The molecule has 110 valence electrons. The van der Waals surface area contributed by atoms with Gasteiger partial charge in [-0.15, -0.1) is 0 Å². The van der Waals surface area contributed by atoms with Crippen LogP contribution in [0.3, 0.4) is 0 Å². The average Bonchev–Trinajstić information content (AvgIpc) is 2.86. The number of nitrogens with zero attached hydrogens (tertiary/aromatic N) is 1. The fraction of sp³-hybridized carbons (Fsp3) is 0.588. The Kier molecular flexibility index (Phi) is 5.18. The highest BCUT2D eigenvalue weighted by Gasteiger charge is 2.30. The number of hydrogen-bond acceptors (Lipinski definition) is 2. The number of aryl methyl sites for hydroxylation is 1. The Morgan fingerprint density at radius 3 is 3.00 bits per heavy atom. The van der Waals surface area contributed by atoms with Crippen molar-refractivity contribution in [1.82, 2.24) is 10.2 Å². The predicted molar refractivity (Wildman–Crippen MR) is 82.5 cm³/mol. The molecule has 1 aliphatic heterocycles. The Morgan fingerprint density at radius 1 is 1.50 bits per heavy atom. The standard InChI is InChI=1S/C17H26N2O/c1-4-14(3)18-17(20)16-9-6-10-19(16)12-15-8-5-7-13(2)11-15/h5,7-8,11,14,16H,4,6,9-10,12H2,1-3H3,(H,18,20)/t14-,16+/m0/s1. The van der Waals surface area contributed by atoms with E-state index in [0.29, 0.717) is 0 Å². The van der Waals surface area contributed by atoms with E-state index in [-0.39, 0.29) is 18.0 Å². The van der Waals surface area contributed by atoms with Gasteiger partial charge >= 0.3 is 0 Å². The van der Waals surface area contributed by atoms with Crippen LogP contribution in [0.25, 0.3) is 0 Å². The molecule has 0 saturated carbocycles. The third kappa shape index (κ3) is 3.83. The Labute approximate surface area is 122 Å². The fourth-order valence-corrected chi connectivity index (χ4v) is 2.80. The van der Waals surface area contributed by atoms with Crippen LogP contribution >= 0.6 is 0 Å². The second-order valence-corrected chi connectivity index (χ2v) is 5.94. The number of benzene rings is 1. The molecule has 1 fully saturated rings. The Morgan fingerprint density at radius 2 is 2.30 bits per heavy atom. The van der Waals surface area contributed by atoms with Gasteiger partial charge in [0.05, 0.1) is 6.04 Å². The highest BCUT2D eigenvalue weighted by atomic mass is 16.2. The number of hydrogen-bond donors (Lipinski definition) is 1. The number of nitrogens with one attached hydrogen (secondary N) is 1. The summed E-state index contributed by atoms with van der Waals surface area (Å²) in [5, 5.41) is 3.12. The van der Waals surface area contributed by atoms with Crippen molar-refractivity contribution in [2.75, 3.05) is 6.54 Å². The lowest BCUT2D eigenvalue weighted by molar-refractivity contribution is -0.126. The van der Waals surface area contributed by atoms with Crippen molar-refractivity contribution in [1.29, 1.82) is 0 Å². The van der Waals surface area contributed by atoms with E-state index in [1.807, 2.05) is 0 Å². The SMILES string of the molecule is CC[C@H](C)NC(=O)[C@H]1CCCN1Cc1cccc(C)c1. The monoisotopic (exact) mass is 274 g/mol. The highest BCUT2D eigenvalue weighted by Crippen LogP contribution is 2.20. The lowest BCUT2D eigenvalue weighted by Crippen LogP contribution is -2.45. The van der Waals surface area contributed by atoms with Crippen molar-refractivity contribution >= 4 is 5.91 Å². The molecule has 0 aliphatic carbocycles. The first kappa shape index (κ1) is 15.0. The number of rotatable bonds is 5. The summed E-state index contributed by atoms with van der Waals surface area (Å²) in [4.78, 5) is 14.6. The Hall–Kier alpha value is -1.35. The molecule has 1 amide bonds. The second-order valence-electron chi connectivity index (χ2n) is 5.94. The topological polar surface area (TPSA) is 32.3 Å². The number of carbonyl (C=O) groups excluding carboxylic acids is 1.